The van der Waals surface area contributed by atoms with Crippen LogP contribution in [0, 0.1) is 6.92 Å². The number of benzene rings is 2. The fourth-order valence-corrected chi connectivity index (χ4v) is 5.14. The van der Waals surface area contributed by atoms with Crippen LogP contribution in [0.5, 0.6) is 11.6 Å². The fraction of sp³-hybridized carbons (Fsp3) is 0.375. The number of carbonyl (C=O) groups excluding carboxylic acids is 1. The van der Waals surface area contributed by atoms with Gasteiger partial charge in [-0.25, -0.2) is 18.7 Å². The zero-order chi connectivity index (χ0) is 30.6. The standard InChI is InChI=1S/C32H37F2N7O2/c1-5-40-12-14-41(15-13-40)20-25-9-7-23(16-26(25)32(3,33)34)17-27(42)24-8-6-22(2)28(18-24)43-31-19-30(35-21-36-31)37-29-10-11-39(4)38-29/h6-11,16,18-19,21H,5,12-15,17,20H2,1-4H3,(H,35,36,37,38). The van der Waals surface area contributed by atoms with Crippen molar-refractivity contribution in [3.8, 4) is 11.6 Å². The number of alkyl halides is 2. The summed E-state index contributed by atoms with van der Waals surface area (Å²) in [6.07, 6.45) is 3.18. The number of likely N-dealkylation sites (N-methyl/N-ethyl adjacent to an activating group) is 1. The maximum Gasteiger partial charge on any atom is 0.270 e. The Morgan fingerprint density at radius 1 is 1.00 bits per heavy atom. The summed E-state index contributed by atoms with van der Waals surface area (Å²) in [6, 6.07) is 13.6. The van der Waals surface area contributed by atoms with Crippen molar-refractivity contribution < 1.29 is 18.3 Å². The molecule has 0 spiro atoms. The summed E-state index contributed by atoms with van der Waals surface area (Å²) in [7, 11) is 1.82. The molecule has 1 N–H and O–H groups in total. The Bertz CT molecular complexity index is 1580. The lowest BCUT2D eigenvalue weighted by Gasteiger charge is -2.34. The van der Waals surface area contributed by atoms with Crippen LogP contribution in [0.1, 0.15) is 46.5 Å². The number of ether oxygens (including phenoxy) is 1. The van der Waals surface area contributed by atoms with E-state index in [9.17, 15) is 13.6 Å². The molecule has 2 aromatic carbocycles. The quantitative estimate of drug-likeness (QED) is 0.222. The van der Waals surface area contributed by atoms with E-state index < -0.39 is 5.92 Å². The Morgan fingerprint density at radius 3 is 2.47 bits per heavy atom. The van der Waals surface area contributed by atoms with Crippen LogP contribution in [-0.2, 0) is 25.9 Å². The number of halogens is 2. The van der Waals surface area contributed by atoms with Gasteiger partial charge in [0.05, 0.1) is 0 Å². The predicted molar refractivity (Wildman–Crippen MR) is 161 cm³/mol. The van der Waals surface area contributed by atoms with Crippen molar-refractivity contribution in [2.24, 2.45) is 7.05 Å². The number of hydrogen-bond donors (Lipinski definition) is 1. The second kappa shape index (κ2) is 13.0. The first-order valence-electron chi connectivity index (χ1n) is 14.4. The zero-order valence-corrected chi connectivity index (χ0v) is 25.0. The lowest BCUT2D eigenvalue weighted by Crippen LogP contribution is -2.45. The number of anilines is 2. The van der Waals surface area contributed by atoms with Gasteiger partial charge in [-0.3, -0.25) is 14.4 Å². The van der Waals surface area contributed by atoms with E-state index in [4.69, 9.17) is 4.74 Å². The van der Waals surface area contributed by atoms with E-state index in [-0.39, 0.29) is 17.8 Å². The number of piperazine rings is 1. The van der Waals surface area contributed by atoms with Crippen LogP contribution in [0.3, 0.4) is 0 Å². The van der Waals surface area contributed by atoms with Crippen molar-refractivity contribution in [1.29, 1.82) is 0 Å². The molecule has 0 bridgehead atoms. The smallest absolute Gasteiger partial charge is 0.270 e. The summed E-state index contributed by atoms with van der Waals surface area (Å²) in [4.78, 5) is 26.3. The Hall–Kier alpha value is -4.22. The molecule has 1 aliphatic heterocycles. The first-order chi connectivity index (χ1) is 20.6. The largest absolute Gasteiger partial charge is 0.439 e. The predicted octanol–water partition coefficient (Wildman–Crippen LogP) is 5.73. The van der Waals surface area contributed by atoms with Crippen LogP contribution in [0.2, 0.25) is 0 Å². The number of ketones is 1. The number of rotatable bonds is 11. The highest BCUT2D eigenvalue weighted by Gasteiger charge is 2.29. The molecule has 1 saturated heterocycles. The van der Waals surface area contributed by atoms with E-state index >= 15 is 0 Å². The summed E-state index contributed by atoms with van der Waals surface area (Å²) in [5, 5.41) is 7.37. The van der Waals surface area contributed by atoms with Gasteiger partial charge in [0, 0.05) is 82.6 Å². The molecule has 0 saturated carbocycles. The number of aryl methyl sites for hydroxylation is 2. The molecule has 0 radical (unpaired) electrons. The summed E-state index contributed by atoms with van der Waals surface area (Å²) in [5.74, 6) is -1.33. The first kappa shape index (κ1) is 30.2. The van der Waals surface area contributed by atoms with E-state index in [1.807, 2.05) is 26.2 Å². The van der Waals surface area contributed by atoms with Crippen molar-refractivity contribution in [2.75, 3.05) is 38.0 Å². The average molecular weight is 590 g/mol. The molecule has 1 fully saturated rings. The van der Waals surface area contributed by atoms with Gasteiger partial charge < -0.3 is 15.0 Å². The SMILES string of the molecule is CCN1CCN(Cc2ccc(CC(=O)c3ccc(C)c(Oc4cc(Nc5ccn(C)n5)ncn4)c3)cc2C(C)(F)F)CC1. The van der Waals surface area contributed by atoms with Crippen molar-refractivity contribution in [3.63, 3.8) is 0 Å². The minimum Gasteiger partial charge on any atom is -0.439 e. The molecule has 226 valence electrons. The number of hydrogen-bond acceptors (Lipinski definition) is 8. The molecule has 5 rings (SSSR count). The Kier molecular flexibility index (Phi) is 9.12. The number of aromatic nitrogens is 4. The third-order valence-corrected chi connectivity index (χ3v) is 7.65. The minimum absolute atomic E-state index is 0.00726. The van der Waals surface area contributed by atoms with Gasteiger partial charge in [-0.05, 0) is 42.3 Å². The van der Waals surface area contributed by atoms with E-state index in [0.29, 0.717) is 46.5 Å². The van der Waals surface area contributed by atoms with Crippen LogP contribution in [0.15, 0.2) is 61.1 Å². The van der Waals surface area contributed by atoms with Crippen LogP contribution in [0.25, 0.3) is 0 Å². The number of carbonyl (C=O) groups is 1. The second-order valence-electron chi connectivity index (χ2n) is 11.0. The Morgan fingerprint density at radius 2 is 1.77 bits per heavy atom. The molecule has 43 heavy (non-hydrogen) atoms. The van der Waals surface area contributed by atoms with Gasteiger partial charge in [-0.1, -0.05) is 31.2 Å². The van der Waals surface area contributed by atoms with E-state index in [0.717, 1.165) is 45.2 Å². The topological polar surface area (TPSA) is 88.4 Å². The molecular weight excluding hydrogens is 552 g/mol. The molecular formula is C32H37F2N7O2. The van der Waals surface area contributed by atoms with Crippen molar-refractivity contribution in [2.45, 2.75) is 39.7 Å². The summed E-state index contributed by atoms with van der Waals surface area (Å²) in [5.41, 5.74) is 2.35. The Labute approximate surface area is 250 Å². The minimum atomic E-state index is -3.02. The van der Waals surface area contributed by atoms with E-state index in [1.165, 1.54) is 12.4 Å². The van der Waals surface area contributed by atoms with Crippen LogP contribution in [0.4, 0.5) is 20.4 Å². The van der Waals surface area contributed by atoms with Gasteiger partial charge >= 0.3 is 0 Å². The van der Waals surface area contributed by atoms with Crippen molar-refractivity contribution in [3.05, 3.63) is 88.9 Å². The Balaban J connectivity index is 1.29. The van der Waals surface area contributed by atoms with E-state index in [1.54, 1.807) is 41.1 Å². The first-order valence-corrected chi connectivity index (χ1v) is 14.4. The number of Topliss-reactive ketones (excluding diaryl/α,β-unsaturated/α-hetero) is 1. The van der Waals surface area contributed by atoms with E-state index in [2.05, 4.69) is 37.1 Å². The summed E-state index contributed by atoms with van der Waals surface area (Å²) < 4.78 is 37.2. The van der Waals surface area contributed by atoms with Crippen LogP contribution >= 0.6 is 0 Å². The highest BCUT2D eigenvalue weighted by atomic mass is 19.3. The zero-order valence-electron chi connectivity index (χ0n) is 25.0. The van der Waals surface area contributed by atoms with Gasteiger partial charge in [0.1, 0.15) is 17.9 Å². The molecule has 9 nitrogen and oxygen atoms in total. The number of nitrogens with one attached hydrogen (secondary N) is 1. The van der Waals surface area contributed by atoms with Crippen LogP contribution < -0.4 is 10.1 Å². The molecule has 1 aliphatic rings. The maximum absolute atomic E-state index is 14.7. The van der Waals surface area contributed by atoms with Gasteiger partial charge in [0.2, 0.25) is 5.88 Å². The normalized spacial score (nSPS) is 14.6. The van der Waals surface area contributed by atoms with Gasteiger partial charge in [0.25, 0.3) is 5.92 Å². The van der Waals surface area contributed by atoms with Gasteiger partial charge in [0.15, 0.2) is 11.6 Å². The molecule has 11 heteroatoms. The highest BCUT2D eigenvalue weighted by Crippen LogP contribution is 2.32. The molecule has 4 aromatic rings. The third kappa shape index (κ3) is 7.79. The molecule has 3 heterocycles. The van der Waals surface area contributed by atoms with Crippen LogP contribution in [-0.4, -0.2) is 68.1 Å². The summed E-state index contributed by atoms with van der Waals surface area (Å²) >= 11 is 0. The monoisotopic (exact) mass is 589 g/mol. The molecule has 0 atom stereocenters. The fourth-order valence-electron chi connectivity index (χ4n) is 5.14. The second-order valence-corrected chi connectivity index (χ2v) is 11.0. The lowest BCUT2D eigenvalue weighted by molar-refractivity contribution is 0.0153. The molecule has 0 unspecified atom stereocenters. The van der Waals surface area contributed by atoms with Gasteiger partial charge in [-0.2, -0.15) is 5.10 Å². The third-order valence-electron chi connectivity index (χ3n) is 7.65. The average Bonchev–Trinajstić information content (AvgIpc) is 3.39. The molecule has 2 aromatic heterocycles. The van der Waals surface area contributed by atoms with Crippen molar-refractivity contribution >= 4 is 17.4 Å². The van der Waals surface area contributed by atoms with Crippen molar-refractivity contribution in [1.82, 2.24) is 29.5 Å². The lowest BCUT2D eigenvalue weighted by atomic mass is 9.95. The summed E-state index contributed by atoms with van der Waals surface area (Å²) in [6.45, 7) is 9.93. The maximum atomic E-state index is 14.7. The number of nitrogens with zero attached hydrogens (tertiary/aromatic N) is 6. The highest BCUT2D eigenvalue weighted by molar-refractivity contribution is 5.98. The molecule has 0 aliphatic carbocycles. The molecule has 0 amide bonds. The van der Waals surface area contributed by atoms with Gasteiger partial charge in [-0.15, -0.1) is 0 Å².